The molecule has 0 saturated heterocycles. The second-order valence-electron chi connectivity index (χ2n) is 6.57. The lowest BCUT2D eigenvalue weighted by molar-refractivity contribution is -0.133. The molecule has 0 saturated carbocycles. The van der Waals surface area contributed by atoms with Crippen molar-refractivity contribution in [2.24, 2.45) is 0 Å². The Morgan fingerprint density at radius 3 is 2.59 bits per heavy atom. The summed E-state index contributed by atoms with van der Waals surface area (Å²) in [5.74, 6) is -1.36. The summed E-state index contributed by atoms with van der Waals surface area (Å²) in [6.07, 6.45) is 4.80. The van der Waals surface area contributed by atoms with Gasteiger partial charge in [-0.25, -0.2) is 9.59 Å². The van der Waals surface area contributed by atoms with Gasteiger partial charge >= 0.3 is 11.9 Å². The highest BCUT2D eigenvalue weighted by molar-refractivity contribution is 5.92. The third kappa shape index (κ3) is 3.87. The first-order valence-corrected chi connectivity index (χ1v) is 9.00. The number of carboxylic acids is 1. The lowest BCUT2D eigenvalue weighted by Crippen LogP contribution is -2.09. The van der Waals surface area contributed by atoms with Crippen molar-refractivity contribution in [1.82, 2.24) is 0 Å². The van der Waals surface area contributed by atoms with Crippen molar-refractivity contribution in [3.8, 4) is 5.75 Å². The quantitative estimate of drug-likeness (QED) is 0.415. The number of ether oxygens (including phenoxy) is 1. The molecular weight excluding hydrogens is 372 g/mol. The molecule has 1 N–H and O–H groups in total. The minimum Gasteiger partial charge on any atom is -0.478 e. The van der Waals surface area contributed by atoms with Crippen molar-refractivity contribution in [3.63, 3.8) is 0 Å². The van der Waals surface area contributed by atoms with E-state index in [4.69, 9.17) is 14.3 Å². The van der Waals surface area contributed by atoms with Gasteiger partial charge in [0.25, 0.3) is 0 Å². The van der Waals surface area contributed by atoms with Crippen LogP contribution in [0.25, 0.3) is 22.6 Å². The van der Waals surface area contributed by atoms with Crippen LogP contribution in [0.15, 0.2) is 69.9 Å². The molecular formula is C23H16O6. The molecule has 0 bridgehead atoms. The van der Waals surface area contributed by atoms with Gasteiger partial charge in [-0.2, -0.15) is 0 Å². The molecule has 0 spiro atoms. The van der Waals surface area contributed by atoms with Crippen LogP contribution in [0.3, 0.4) is 0 Å². The molecule has 0 radical (unpaired) electrons. The zero-order valence-corrected chi connectivity index (χ0v) is 15.3. The Hall–Kier alpha value is -3.93. The number of allylic oxidation sites excluding steroid dienone is 1. The monoisotopic (exact) mass is 388 g/mol. The Kier molecular flexibility index (Phi) is 4.83. The van der Waals surface area contributed by atoms with Gasteiger partial charge in [0.05, 0.1) is 5.39 Å². The van der Waals surface area contributed by atoms with Gasteiger partial charge in [-0.3, -0.25) is 4.79 Å². The van der Waals surface area contributed by atoms with Gasteiger partial charge in [0.2, 0.25) is 0 Å². The summed E-state index contributed by atoms with van der Waals surface area (Å²) in [6.45, 7) is 0. The molecule has 0 unspecified atom stereocenters. The van der Waals surface area contributed by atoms with E-state index >= 15 is 0 Å². The average molecular weight is 388 g/mol. The van der Waals surface area contributed by atoms with Gasteiger partial charge in [-0.05, 0) is 48.3 Å². The van der Waals surface area contributed by atoms with Crippen LogP contribution in [0.2, 0.25) is 0 Å². The summed E-state index contributed by atoms with van der Waals surface area (Å²) in [7, 11) is 0. The van der Waals surface area contributed by atoms with Crippen LogP contribution in [-0.2, 0) is 16.0 Å². The number of carbonyl (C=O) groups excluding carboxylic acids is 1. The summed E-state index contributed by atoms with van der Waals surface area (Å²) in [4.78, 5) is 35.1. The molecule has 6 heteroatoms. The number of hydrogen-bond acceptors (Lipinski definition) is 5. The first-order chi connectivity index (χ1) is 14.0. The maximum atomic E-state index is 13.0. The molecule has 1 aliphatic carbocycles. The number of hydrogen-bond donors (Lipinski definition) is 1. The molecule has 2 aromatic carbocycles. The highest BCUT2D eigenvalue weighted by Gasteiger charge is 2.24. The molecule has 0 aliphatic heterocycles. The molecule has 1 aliphatic rings. The van der Waals surface area contributed by atoms with E-state index in [2.05, 4.69) is 0 Å². The Labute approximate surface area is 165 Å². The zero-order valence-electron chi connectivity index (χ0n) is 15.3. The number of rotatable bonds is 4. The molecule has 29 heavy (non-hydrogen) atoms. The van der Waals surface area contributed by atoms with Crippen LogP contribution in [0.4, 0.5) is 0 Å². The molecule has 3 aromatic rings. The third-order valence-corrected chi connectivity index (χ3v) is 4.61. The van der Waals surface area contributed by atoms with Crippen LogP contribution >= 0.6 is 0 Å². The van der Waals surface area contributed by atoms with E-state index in [0.29, 0.717) is 41.2 Å². The smallest absolute Gasteiger partial charge is 0.336 e. The van der Waals surface area contributed by atoms with Gasteiger partial charge < -0.3 is 14.3 Å². The maximum Gasteiger partial charge on any atom is 0.336 e. The Morgan fingerprint density at radius 1 is 1.03 bits per heavy atom. The fourth-order valence-electron chi connectivity index (χ4n) is 3.31. The van der Waals surface area contributed by atoms with Crippen molar-refractivity contribution >= 4 is 34.6 Å². The van der Waals surface area contributed by atoms with Gasteiger partial charge in [-0.1, -0.05) is 30.3 Å². The fourth-order valence-corrected chi connectivity index (χ4v) is 3.31. The van der Waals surface area contributed by atoms with Gasteiger partial charge in [0.15, 0.2) is 5.43 Å². The molecule has 1 aromatic heterocycles. The molecule has 0 atom stereocenters. The highest BCUT2D eigenvalue weighted by Crippen LogP contribution is 2.34. The minimum absolute atomic E-state index is 0.142. The molecule has 0 amide bonds. The number of carboxylic acid groups (broad SMARTS) is 1. The first-order valence-electron chi connectivity index (χ1n) is 9.00. The topological polar surface area (TPSA) is 93.8 Å². The highest BCUT2D eigenvalue weighted by atomic mass is 16.5. The van der Waals surface area contributed by atoms with Crippen LogP contribution in [0.5, 0.6) is 5.75 Å². The fraction of sp³-hybridized carbons (Fsp3) is 0.0870. The van der Waals surface area contributed by atoms with E-state index in [1.807, 2.05) is 36.4 Å². The van der Waals surface area contributed by atoms with Crippen molar-refractivity contribution in [3.05, 3.63) is 87.8 Å². The normalized spacial score (nSPS) is 14.4. The van der Waals surface area contributed by atoms with Crippen LogP contribution in [0, 0.1) is 0 Å². The molecule has 144 valence electrons. The third-order valence-electron chi connectivity index (χ3n) is 4.61. The summed E-state index contributed by atoms with van der Waals surface area (Å²) >= 11 is 0. The van der Waals surface area contributed by atoms with E-state index < -0.39 is 11.9 Å². The first kappa shape index (κ1) is 18.4. The van der Waals surface area contributed by atoms with Crippen LogP contribution in [-0.4, -0.2) is 17.0 Å². The van der Waals surface area contributed by atoms with E-state index in [0.717, 1.165) is 17.2 Å². The van der Waals surface area contributed by atoms with Gasteiger partial charge in [0.1, 0.15) is 17.1 Å². The van der Waals surface area contributed by atoms with E-state index in [-0.39, 0.29) is 11.2 Å². The number of benzene rings is 2. The van der Waals surface area contributed by atoms with E-state index in [1.165, 1.54) is 12.1 Å². The Morgan fingerprint density at radius 2 is 1.83 bits per heavy atom. The van der Waals surface area contributed by atoms with Crippen molar-refractivity contribution < 1.29 is 23.8 Å². The van der Waals surface area contributed by atoms with Gasteiger partial charge in [0, 0.05) is 17.7 Å². The summed E-state index contributed by atoms with van der Waals surface area (Å²) in [6, 6.07) is 14.3. The lowest BCUT2D eigenvalue weighted by Gasteiger charge is -2.06. The van der Waals surface area contributed by atoms with Crippen molar-refractivity contribution in [2.45, 2.75) is 12.8 Å². The molecule has 0 fully saturated rings. The minimum atomic E-state index is -1.25. The summed E-state index contributed by atoms with van der Waals surface area (Å²) < 4.78 is 11.1. The predicted molar refractivity (Wildman–Crippen MR) is 108 cm³/mol. The van der Waals surface area contributed by atoms with Crippen molar-refractivity contribution in [1.29, 1.82) is 0 Å². The lowest BCUT2D eigenvalue weighted by atomic mass is 10.1. The summed E-state index contributed by atoms with van der Waals surface area (Å²) in [5, 5.41) is 8.87. The molecule has 1 heterocycles. The largest absolute Gasteiger partial charge is 0.478 e. The van der Waals surface area contributed by atoms with E-state index in [9.17, 15) is 14.4 Å². The second kappa shape index (κ2) is 7.59. The molecule has 6 nitrogen and oxygen atoms in total. The summed E-state index contributed by atoms with van der Waals surface area (Å²) in [5.41, 5.74) is 2.86. The predicted octanol–water partition coefficient (Wildman–Crippen LogP) is 3.83. The van der Waals surface area contributed by atoms with Gasteiger partial charge in [-0.15, -0.1) is 0 Å². The van der Waals surface area contributed by atoms with Crippen molar-refractivity contribution in [2.75, 3.05) is 0 Å². The van der Waals surface area contributed by atoms with E-state index in [1.54, 1.807) is 6.07 Å². The number of aliphatic carboxylic acids is 1. The van der Waals surface area contributed by atoms with Crippen LogP contribution in [0.1, 0.15) is 23.3 Å². The number of esters is 1. The molecule has 4 rings (SSSR count). The van der Waals surface area contributed by atoms with Crippen LogP contribution < -0.4 is 10.2 Å². The SMILES string of the molecule is O=C(O)/C=C\C(=O)Oc1ccc2oc3c(c(=O)c2c1)CCC3=Cc1ccccc1. The average Bonchev–Trinajstić information content (AvgIpc) is 3.11. The number of carbonyl (C=O) groups is 2. The Bertz CT molecular complexity index is 1230. The maximum absolute atomic E-state index is 13.0. The zero-order chi connectivity index (χ0) is 20.4. The standard InChI is InChI=1S/C23H16O6/c24-20(25)10-11-21(26)28-16-7-9-19-18(13-16)22(27)17-8-6-15(23(17)29-19)12-14-4-2-1-3-5-14/h1-5,7,9-13H,6,8H2,(H,24,25)/b11-10-,15-12?. The second-order valence-corrected chi connectivity index (χ2v) is 6.57. The number of fused-ring (bicyclic) bond motifs is 2. The Balaban J connectivity index is 1.70.